The fraction of sp³-hybridized carbons (Fsp3) is 0.316. The highest BCUT2D eigenvalue weighted by molar-refractivity contribution is 5.78. The Hall–Kier alpha value is -3.29. The van der Waals surface area contributed by atoms with E-state index in [0.717, 1.165) is 0 Å². The van der Waals surface area contributed by atoms with Gasteiger partial charge in [0.15, 0.2) is 18.1 Å². The van der Waals surface area contributed by atoms with E-state index in [2.05, 4.69) is 0 Å². The van der Waals surface area contributed by atoms with Gasteiger partial charge in [0, 0.05) is 32.2 Å². The van der Waals surface area contributed by atoms with E-state index < -0.39 is 0 Å². The molecular formula is C19H21N3O5. The van der Waals surface area contributed by atoms with E-state index in [0.29, 0.717) is 43.4 Å². The first-order chi connectivity index (χ1) is 13.1. The third kappa shape index (κ3) is 4.28. The molecule has 8 nitrogen and oxygen atoms in total. The summed E-state index contributed by atoms with van der Waals surface area (Å²) < 4.78 is 10.8. The zero-order valence-electron chi connectivity index (χ0n) is 15.0. The van der Waals surface area contributed by atoms with Crippen LogP contribution in [0.5, 0.6) is 11.5 Å². The molecule has 1 amide bonds. The van der Waals surface area contributed by atoms with Gasteiger partial charge in [0.2, 0.25) is 0 Å². The molecule has 1 fully saturated rings. The summed E-state index contributed by atoms with van der Waals surface area (Å²) in [5.74, 6) is 0.974. The highest BCUT2D eigenvalue weighted by Gasteiger charge is 2.25. The number of ether oxygens (including phenoxy) is 2. The van der Waals surface area contributed by atoms with Crippen LogP contribution in [0, 0.1) is 10.1 Å². The van der Waals surface area contributed by atoms with Crippen molar-refractivity contribution in [3.05, 3.63) is 58.6 Å². The summed E-state index contributed by atoms with van der Waals surface area (Å²) >= 11 is 0. The van der Waals surface area contributed by atoms with Crippen LogP contribution in [0.1, 0.15) is 0 Å². The van der Waals surface area contributed by atoms with Crippen LogP contribution >= 0.6 is 0 Å². The molecule has 0 N–H and O–H groups in total. The van der Waals surface area contributed by atoms with Crippen LogP contribution in [0.3, 0.4) is 0 Å². The second-order valence-electron chi connectivity index (χ2n) is 6.05. The minimum absolute atomic E-state index is 0.0775. The molecule has 0 unspecified atom stereocenters. The number of hydrogen-bond acceptors (Lipinski definition) is 6. The van der Waals surface area contributed by atoms with Crippen LogP contribution in [-0.4, -0.2) is 55.6 Å². The number of hydrogen-bond donors (Lipinski definition) is 0. The fourth-order valence-electron chi connectivity index (χ4n) is 3.05. The monoisotopic (exact) mass is 371 g/mol. The lowest BCUT2D eigenvalue weighted by atomic mass is 10.2. The fourth-order valence-corrected chi connectivity index (χ4v) is 3.05. The van der Waals surface area contributed by atoms with Crippen molar-refractivity contribution >= 4 is 17.3 Å². The Morgan fingerprint density at radius 3 is 2.33 bits per heavy atom. The SMILES string of the molecule is COc1ccccc1OCC(=O)N1CCN(c2ccccc2[N+](=O)[O-])CC1. The number of amides is 1. The summed E-state index contributed by atoms with van der Waals surface area (Å²) in [5, 5.41) is 11.2. The van der Waals surface area contributed by atoms with Crippen LogP contribution < -0.4 is 14.4 Å². The molecular weight excluding hydrogens is 350 g/mol. The number of carbonyl (C=O) groups excluding carboxylic acids is 1. The second kappa shape index (κ2) is 8.39. The van der Waals surface area contributed by atoms with Gasteiger partial charge >= 0.3 is 0 Å². The van der Waals surface area contributed by atoms with Crippen molar-refractivity contribution < 1.29 is 19.2 Å². The van der Waals surface area contributed by atoms with E-state index in [1.807, 2.05) is 17.0 Å². The minimum atomic E-state index is -0.381. The lowest BCUT2D eigenvalue weighted by molar-refractivity contribution is -0.384. The Morgan fingerprint density at radius 1 is 1.04 bits per heavy atom. The van der Waals surface area contributed by atoms with Gasteiger partial charge in [0.25, 0.3) is 11.6 Å². The summed E-state index contributed by atoms with van der Waals surface area (Å²) in [6.07, 6.45) is 0. The topological polar surface area (TPSA) is 85.2 Å². The number of nitro benzene ring substituents is 1. The first-order valence-electron chi connectivity index (χ1n) is 8.62. The van der Waals surface area contributed by atoms with Gasteiger partial charge in [-0.3, -0.25) is 14.9 Å². The van der Waals surface area contributed by atoms with Gasteiger partial charge in [-0.15, -0.1) is 0 Å². The molecule has 0 aromatic heterocycles. The molecule has 1 heterocycles. The van der Waals surface area contributed by atoms with Crippen molar-refractivity contribution in [2.24, 2.45) is 0 Å². The number of rotatable bonds is 6. The van der Waals surface area contributed by atoms with Gasteiger partial charge in [-0.25, -0.2) is 0 Å². The third-order valence-electron chi connectivity index (χ3n) is 4.47. The molecule has 0 bridgehead atoms. The highest BCUT2D eigenvalue weighted by Crippen LogP contribution is 2.28. The van der Waals surface area contributed by atoms with Gasteiger partial charge in [-0.1, -0.05) is 24.3 Å². The molecule has 2 aromatic rings. The maximum Gasteiger partial charge on any atom is 0.292 e. The van der Waals surface area contributed by atoms with Crippen LogP contribution in [0.2, 0.25) is 0 Å². The number of benzene rings is 2. The van der Waals surface area contributed by atoms with Gasteiger partial charge in [-0.2, -0.15) is 0 Å². The van der Waals surface area contributed by atoms with E-state index in [1.54, 1.807) is 42.3 Å². The number of methoxy groups -OCH3 is 1. The molecule has 27 heavy (non-hydrogen) atoms. The number of piperazine rings is 1. The molecule has 0 saturated carbocycles. The first-order valence-corrected chi connectivity index (χ1v) is 8.62. The average molecular weight is 371 g/mol. The highest BCUT2D eigenvalue weighted by atomic mass is 16.6. The Bertz CT molecular complexity index is 818. The molecule has 2 aromatic carbocycles. The summed E-state index contributed by atoms with van der Waals surface area (Å²) in [6, 6.07) is 13.8. The van der Waals surface area contributed by atoms with Gasteiger partial charge in [0.1, 0.15) is 5.69 Å². The van der Waals surface area contributed by atoms with Crippen molar-refractivity contribution in [2.45, 2.75) is 0 Å². The van der Waals surface area contributed by atoms with E-state index in [1.165, 1.54) is 6.07 Å². The molecule has 3 rings (SSSR count). The summed E-state index contributed by atoms with van der Waals surface area (Å²) in [4.78, 5) is 26.9. The zero-order chi connectivity index (χ0) is 19.2. The minimum Gasteiger partial charge on any atom is -0.493 e. The Morgan fingerprint density at radius 2 is 1.67 bits per heavy atom. The zero-order valence-corrected chi connectivity index (χ0v) is 15.0. The van der Waals surface area contributed by atoms with Crippen molar-refractivity contribution in [2.75, 3.05) is 44.8 Å². The van der Waals surface area contributed by atoms with E-state index in [4.69, 9.17) is 9.47 Å². The quantitative estimate of drug-likeness (QED) is 0.572. The molecule has 0 spiro atoms. The van der Waals surface area contributed by atoms with E-state index in [9.17, 15) is 14.9 Å². The second-order valence-corrected chi connectivity index (χ2v) is 6.05. The van der Waals surface area contributed by atoms with E-state index >= 15 is 0 Å². The number of nitrogens with zero attached hydrogens (tertiary/aromatic N) is 3. The van der Waals surface area contributed by atoms with Gasteiger partial charge < -0.3 is 19.3 Å². The van der Waals surface area contributed by atoms with Gasteiger partial charge in [-0.05, 0) is 18.2 Å². The predicted octanol–water partition coefficient (Wildman–Crippen LogP) is 2.33. The van der Waals surface area contributed by atoms with Crippen molar-refractivity contribution in [1.29, 1.82) is 0 Å². The first kappa shape index (κ1) is 18.5. The Labute approximate surface area is 157 Å². The van der Waals surface area contributed by atoms with Crippen LogP contribution in [-0.2, 0) is 4.79 Å². The molecule has 142 valence electrons. The van der Waals surface area contributed by atoms with Gasteiger partial charge in [0.05, 0.1) is 12.0 Å². The molecule has 1 aliphatic heterocycles. The molecule has 1 aliphatic rings. The smallest absolute Gasteiger partial charge is 0.292 e. The molecule has 0 aliphatic carbocycles. The largest absolute Gasteiger partial charge is 0.493 e. The lowest BCUT2D eigenvalue weighted by Gasteiger charge is -2.35. The normalized spacial score (nSPS) is 14.0. The van der Waals surface area contributed by atoms with E-state index in [-0.39, 0.29) is 23.1 Å². The van der Waals surface area contributed by atoms with Crippen molar-refractivity contribution in [3.63, 3.8) is 0 Å². The van der Waals surface area contributed by atoms with Crippen LogP contribution in [0.25, 0.3) is 0 Å². The third-order valence-corrected chi connectivity index (χ3v) is 4.47. The maximum absolute atomic E-state index is 12.4. The number of nitro groups is 1. The summed E-state index contributed by atoms with van der Waals surface area (Å²) in [7, 11) is 1.55. The summed E-state index contributed by atoms with van der Waals surface area (Å²) in [5.41, 5.74) is 0.664. The molecule has 8 heteroatoms. The Balaban J connectivity index is 1.56. The number of para-hydroxylation sites is 4. The standard InChI is InChI=1S/C19H21N3O5/c1-26-17-8-4-5-9-18(17)27-14-19(23)21-12-10-20(11-13-21)15-6-2-3-7-16(15)22(24)25/h2-9H,10-14H2,1H3. The van der Waals surface area contributed by atoms with Crippen molar-refractivity contribution in [1.82, 2.24) is 4.90 Å². The lowest BCUT2D eigenvalue weighted by Crippen LogP contribution is -2.50. The predicted molar refractivity (Wildman–Crippen MR) is 100 cm³/mol. The maximum atomic E-state index is 12.4. The number of carbonyl (C=O) groups is 1. The van der Waals surface area contributed by atoms with Crippen molar-refractivity contribution in [3.8, 4) is 11.5 Å². The average Bonchev–Trinajstić information content (AvgIpc) is 2.72. The molecule has 0 radical (unpaired) electrons. The molecule has 0 atom stereocenters. The number of anilines is 1. The van der Waals surface area contributed by atoms with Crippen LogP contribution in [0.15, 0.2) is 48.5 Å². The summed E-state index contributed by atoms with van der Waals surface area (Å²) in [6.45, 7) is 1.96. The Kier molecular flexibility index (Phi) is 5.75. The van der Waals surface area contributed by atoms with Crippen LogP contribution in [0.4, 0.5) is 11.4 Å². The molecule has 1 saturated heterocycles.